The first kappa shape index (κ1) is 10.4. The van der Waals surface area contributed by atoms with E-state index in [2.05, 4.69) is 19.6 Å². The summed E-state index contributed by atoms with van der Waals surface area (Å²) in [5.74, 6) is 0. The fraction of sp³-hybridized carbons (Fsp3) is 0.600. The molecule has 64 valence electrons. The van der Waals surface area contributed by atoms with E-state index in [1.807, 2.05) is 6.92 Å². The summed E-state index contributed by atoms with van der Waals surface area (Å²) in [5, 5.41) is 9.30. The van der Waals surface area contributed by atoms with Crippen molar-refractivity contribution in [2.24, 2.45) is 0 Å². The smallest absolute Gasteiger partial charge is 0.0577 e. The zero-order valence-electron chi connectivity index (χ0n) is 7.51. The summed E-state index contributed by atoms with van der Waals surface area (Å²) in [6.45, 7) is 7.68. The van der Waals surface area contributed by atoms with Crippen molar-refractivity contribution in [3.05, 3.63) is 24.3 Å². The van der Waals surface area contributed by atoms with E-state index in [1.165, 1.54) is 5.57 Å². The lowest BCUT2D eigenvalue weighted by atomic mass is 10.1. The maximum Gasteiger partial charge on any atom is 0.0577 e. The summed E-state index contributed by atoms with van der Waals surface area (Å²) in [5.41, 5.74) is 1.34. The molecule has 0 aliphatic rings. The van der Waals surface area contributed by atoms with Gasteiger partial charge in [-0.15, -0.1) is 6.58 Å². The highest BCUT2D eigenvalue weighted by molar-refractivity contribution is 4.95. The van der Waals surface area contributed by atoms with E-state index in [-0.39, 0.29) is 6.10 Å². The number of aliphatic hydroxyl groups is 1. The lowest BCUT2D eigenvalue weighted by Gasteiger charge is -2.06. The fourth-order valence-corrected chi connectivity index (χ4v) is 0.849. The minimum atomic E-state index is -0.206. The van der Waals surface area contributed by atoms with E-state index in [4.69, 9.17) is 0 Å². The Hall–Kier alpha value is -0.560. The highest BCUT2D eigenvalue weighted by Gasteiger charge is 2.00. The van der Waals surface area contributed by atoms with Gasteiger partial charge >= 0.3 is 0 Å². The van der Waals surface area contributed by atoms with Crippen LogP contribution in [-0.2, 0) is 0 Å². The number of hydrogen-bond donors (Lipinski definition) is 1. The molecule has 0 unspecified atom stereocenters. The van der Waals surface area contributed by atoms with Crippen LogP contribution in [0.25, 0.3) is 0 Å². The van der Waals surface area contributed by atoms with E-state index in [9.17, 15) is 5.11 Å². The summed E-state index contributed by atoms with van der Waals surface area (Å²) in [6.07, 6.45) is 6.18. The second-order valence-electron chi connectivity index (χ2n) is 2.85. The van der Waals surface area contributed by atoms with Crippen molar-refractivity contribution < 1.29 is 5.11 Å². The first-order valence-electron chi connectivity index (χ1n) is 4.11. The topological polar surface area (TPSA) is 20.2 Å². The van der Waals surface area contributed by atoms with Gasteiger partial charge in [-0.25, -0.2) is 0 Å². The lowest BCUT2D eigenvalue weighted by Crippen LogP contribution is -2.04. The Labute approximate surface area is 69.4 Å². The van der Waals surface area contributed by atoms with Gasteiger partial charge in [-0.2, -0.15) is 0 Å². The minimum Gasteiger partial charge on any atom is -0.393 e. The standard InChI is InChI=1S/C10H18O/c1-4-6-10(11)8-7-9(3)5-2/h4-5,10-11H,1,6-8H2,2-3H3/b9-5+/t10-/m1/s1. The SMILES string of the molecule is C=CC[C@@H](O)CC/C(C)=C/C. The van der Waals surface area contributed by atoms with Crippen molar-refractivity contribution in [2.45, 2.75) is 39.2 Å². The third-order valence-corrected chi connectivity index (χ3v) is 1.80. The highest BCUT2D eigenvalue weighted by Crippen LogP contribution is 2.08. The molecule has 0 saturated heterocycles. The van der Waals surface area contributed by atoms with Gasteiger partial charge in [0.15, 0.2) is 0 Å². The van der Waals surface area contributed by atoms with E-state index in [0.717, 1.165) is 12.8 Å². The number of allylic oxidation sites excluding steroid dienone is 2. The summed E-state index contributed by atoms with van der Waals surface area (Å²) in [7, 11) is 0. The molecule has 0 radical (unpaired) electrons. The molecule has 1 nitrogen and oxygen atoms in total. The zero-order chi connectivity index (χ0) is 8.69. The maximum atomic E-state index is 9.30. The van der Waals surface area contributed by atoms with E-state index in [1.54, 1.807) is 6.08 Å². The van der Waals surface area contributed by atoms with Crippen LogP contribution in [0.1, 0.15) is 33.1 Å². The zero-order valence-corrected chi connectivity index (χ0v) is 7.51. The van der Waals surface area contributed by atoms with E-state index >= 15 is 0 Å². The molecule has 1 N–H and O–H groups in total. The van der Waals surface area contributed by atoms with Crippen LogP contribution < -0.4 is 0 Å². The summed E-state index contributed by atoms with van der Waals surface area (Å²) < 4.78 is 0. The van der Waals surface area contributed by atoms with Crippen LogP contribution in [0.15, 0.2) is 24.3 Å². The van der Waals surface area contributed by atoms with Gasteiger partial charge in [0.05, 0.1) is 6.10 Å². The maximum absolute atomic E-state index is 9.30. The molecule has 0 rings (SSSR count). The molecular weight excluding hydrogens is 136 g/mol. The summed E-state index contributed by atoms with van der Waals surface area (Å²) in [4.78, 5) is 0. The van der Waals surface area contributed by atoms with Gasteiger partial charge in [0.2, 0.25) is 0 Å². The number of hydrogen-bond acceptors (Lipinski definition) is 1. The van der Waals surface area contributed by atoms with Crippen molar-refractivity contribution in [3.8, 4) is 0 Å². The van der Waals surface area contributed by atoms with Gasteiger partial charge in [-0.1, -0.05) is 17.7 Å². The van der Waals surface area contributed by atoms with Gasteiger partial charge in [-0.05, 0) is 33.1 Å². The van der Waals surface area contributed by atoms with Crippen LogP contribution in [0, 0.1) is 0 Å². The highest BCUT2D eigenvalue weighted by atomic mass is 16.3. The first-order chi connectivity index (χ1) is 5.20. The van der Waals surface area contributed by atoms with Crippen molar-refractivity contribution >= 4 is 0 Å². The monoisotopic (exact) mass is 154 g/mol. The van der Waals surface area contributed by atoms with Gasteiger partial charge in [0.25, 0.3) is 0 Å². The Morgan fingerprint density at radius 3 is 2.73 bits per heavy atom. The van der Waals surface area contributed by atoms with Crippen molar-refractivity contribution in [1.29, 1.82) is 0 Å². The second-order valence-corrected chi connectivity index (χ2v) is 2.85. The quantitative estimate of drug-likeness (QED) is 0.604. The molecule has 0 saturated carbocycles. The molecule has 0 aromatic rings. The lowest BCUT2D eigenvalue weighted by molar-refractivity contribution is 0.168. The van der Waals surface area contributed by atoms with Crippen LogP contribution in [0.3, 0.4) is 0 Å². The van der Waals surface area contributed by atoms with Crippen LogP contribution in [0.5, 0.6) is 0 Å². The molecule has 1 heteroatoms. The Bertz CT molecular complexity index is 136. The predicted molar refractivity (Wildman–Crippen MR) is 49.5 cm³/mol. The molecule has 0 bridgehead atoms. The van der Waals surface area contributed by atoms with Gasteiger partial charge in [0, 0.05) is 0 Å². The predicted octanol–water partition coefficient (Wildman–Crippen LogP) is 2.67. The van der Waals surface area contributed by atoms with E-state index < -0.39 is 0 Å². The average Bonchev–Trinajstić information content (AvgIpc) is 2.01. The second kappa shape index (κ2) is 6.17. The molecular formula is C10H18O. The Morgan fingerprint density at radius 2 is 2.27 bits per heavy atom. The van der Waals surface area contributed by atoms with Crippen molar-refractivity contribution in [2.75, 3.05) is 0 Å². The summed E-state index contributed by atoms with van der Waals surface area (Å²) in [6, 6.07) is 0. The molecule has 0 heterocycles. The van der Waals surface area contributed by atoms with Crippen LogP contribution in [0.4, 0.5) is 0 Å². The molecule has 0 aliphatic carbocycles. The van der Waals surface area contributed by atoms with Gasteiger partial charge in [0.1, 0.15) is 0 Å². The van der Waals surface area contributed by atoms with Crippen LogP contribution in [-0.4, -0.2) is 11.2 Å². The molecule has 0 aliphatic heterocycles. The number of rotatable bonds is 5. The van der Waals surface area contributed by atoms with Gasteiger partial charge < -0.3 is 5.11 Å². The van der Waals surface area contributed by atoms with E-state index in [0.29, 0.717) is 6.42 Å². The fourth-order valence-electron chi connectivity index (χ4n) is 0.849. The molecule has 0 amide bonds. The van der Waals surface area contributed by atoms with Crippen LogP contribution >= 0.6 is 0 Å². The average molecular weight is 154 g/mol. The Balaban J connectivity index is 3.45. The molecule has 0 spiro atoms. The largest absolute Gasteiger partial charge is 0.393 e. The molecule has 11 heavy (non-hydrogen) atoms. The third-order valence-electron chi connectivity index (χ3n) is 1.80. The van der Waals surface area contributed by atoms with Gasteiger partial charge in [-0.3, -0.25) is 0 Å². The minimum absolute atomic E-state index is 0.206. The summed E-state index contributed by atoms with van der Waals surface area (Å²) >= 11 is 0. The molecule has 0 fully saturated rings. The van der Waals surface area contributed by atoms with Crippen LogP contribution in [0.2, 0.25) is 0 Å². The normalized spacial score (nSPS) is 14.6. The first-order valence-corrected chi connectivity index (χ1v) is 4.11. The molecule has 0 aromatic carbocycles. The Morgan fingerprint density at radius 1 is 1.64 bits per heavy atom. The Kier molecular flexibility index (Phi) is 5.86. The van der Waals surface area contributed by atoms with Crippen molar-refractivity contribution in [3.63, 3.8) is 0 Å². The third kappa shape index (κ3) is 5.86. The number of aliphatic hydroxyl groups excluding tert-OH is 1. The van der Waals surface area contributed by atoms with Crippen molar-refractivity contribution in [1.82, 2.24) is 0 Å². The molecule has 1 atom stereocenters. The molecule has 0 aromatic heterocycles.